The van der Waals surface area contributed by atoms with Crippen molar-refractivity contribution in [1.82, 2.24) is 15.3 Å². The van der Waals surface area contributed by atoms with E-state index in [1.54, 1.807) is 36.5 Å². The summed E-state index contributed by atoms with van der Waals surface area (Å²) >= 11 is 1.22. The van der Waals surface area contributed by atoms with Crippen LogP contribution in [0.1, 0.15) is 15.9 Å². The number of nitrogens with one attached hydrogen (secondary N) is 3. The molecule has 1 aliphatic rings. The molecule has 2 aromatic carbocycles. The summed E-state index contributed by atoms with van der Waals surface area (Å²) in [6, 6.07) is 16.7. The van der Waals surface area contributed by atoms with E-state index in [1.165, 1.54) is 11.8 Å². The van der Waals surface area contributed by atoms with Gasteiger partial charge in [0.15, 0.2) is 11.5 Å². The molecule has 0 fully saturated rings. The molecule has 172 valence electrons. The van der Waals surface area contributed by atoms with Crippen molar-refractivity contribution in [3.8, 4) is 11.5 Å². The van der Waals surface area contributed by atoms with Crippen LogP contribution in [0.2, 0.25) is 0 Å². The highest BCUT2D eigenvalue weighted by Gasteiger charge is 2.16. The summed E-state index contributed by atoms with van der Waals surface area (Å²) in [7, 11) is 0. The number of pyridine rings is 1. The molecular formula is C25H22N4O4S. The predicted molar refractivity (Wildman–Crippen MR) is 130 cm³/mol. The fourth-order valence-electron chi connectivity index (χ4n) is 3.73. The van der Waals surface area contributed by atoms with Crippen LogP contribution < -0.4 is 20.1 Å². The molecule has 0 atom stereocenters. The lowest BCUT2D eigenvalue weighted by atomic mass is 10.1. The Bertz CT molecular complexity index is 1350. The molecule has 0 saturated heterocycles. The minimum atomic E-state index is -0.216. The number of carbonyl (C=O) groups excluding carboxylic acids is 2. The van der Waals surface area contributed by atoms with Crippen molar-refractivity contribution in [1.29, 1.82) is 0 Å². The highest BCUT2D eigenvalue weighted by molar-refractivity contribution is 8.00. The molecule has 5 rings (SSSR count). The number of thioether (sulfide) groups is 1. The number of amides is 2. The van der Waals surface area contributed by atoms with E-state index in [-0.39, 0.29) is 24.4 Å². The van der Waals surface area contributed by atoms with Gasteiger partial charge in [-0.05, 0) is 42.3 Å². The fourth-order valence-corrected chi connectivity index (χ4v) is 4.52. The Labute approximate surface area is 200 Å². The van der Waals surface area contributed by atoms with Gasteiger partial charge in [0.1, 0.15) is 5.03 Å². The highest BCUT2D eigenvalue weighted by atomic mass is 32.2. The van der Waals surface area contributed by atoms with E-state index in [0.717, 1.165) is 16.5 Å². The van der Waals surface area contributed by atoms with Crippen LogP contribution in [-0.2, 0) is 11.2 Å². The average molecular weight is 475 g/mol. The quantitative estimate of drug-likeness (QED) is 0.334. The van der Waals surface area contributed by atoms with Crippen LogP contribution in [-0.4, -0.2) is 40.9 Å². The summed E-state index contributed by atoms with van der Waals surface area (Å²) < 4.78 is 10.6. The molecule has 34 heavy (non-hydrogen) atoms. The van der Waals surface area contributed by atoms with E-state index in [4.69, 9.17) is 9.47 Å². The molecule has 0 bridgehead atoms. The molecule has 2 amide bonds. The topological polar surface area (TPSA) is 105 Å². The maximum absolute atomic E-state index is 12.8. The molecule has 8 nitrogen and oxygen atoms in total. The van der Waals surface area contributed by atoms with Crippen molar-refractivity contribution in [2.75, 3.05) is 24.4 Å². The molecule has 0 saturated carbocycles. The van der Waals surface area contributed by atoms with Gasteiger partial charge in [-0.25, -0.2) is 4.98 Å². The number of para-hydroxylation sites is 1. The number of carbonyl (C=O) groups is 2. The van der Waals surface area contributed by atoms with E-state index >= 15 is 0 Å². The monoisotopic (exact) mass is 474 g/mol. The van der Waals surface area contributed by atoms with Gasteiger partial charge >= 0.3 is 0 Å². The third-order valence-electron chi connectivity index (χ3n) is 5.37. The van der Waals surface area contributed by atoms with Crippen molar-refractivity contribution < 1.29 is 19.1 Å². The zero-order valence-electron chi connectivity index (χ0n) is 18.2. The molecule has 0 spiro atoms. The lowest BCUT2D eigenvalue weighted by Gasteiger charge is -2.10. The van der Waals surface area contributed by atoms with Gasteiger partial charge in [-0.1, -0.05) is 30.0 Å². The summed E-state index contributed by atoms with van der Waals surface area (Å²) in [5, 5.41) is 7.45. The van der Waals surface area contributed by atoms with Gasteiger partial charge in [-0.15, -0.1) is 0 Å². The molecule has 0 unspecified atom stereocenters. The van der Waals surface area contributed by atoms with E-state index in [9.17, 15) is 9.59 Å². The van der Waals surface area contributed by atoms with E-state index < -0.39 is 0 Å². The Balaban J connectivity index is 1.16. The van der Waals surface area contributed by atoms with Crippen molar-refractivity contribution in [3.63, 3.8) is 0 Å². The number of aromatic nitrogens is 2. The fraction of sp³-hybridized carbons (Fsp3) is 0.160. The second-order valence-corrected chi connectivity index (χ2v) is 8.59. The number of anilines is 1. The van der Waals surface area contributed by atoms with Crippen LogP contribution in [0.5, 0.6) is 11.5 Å². The molecule has 2 aromatic heterocycles. The zero-order chi connectivity index (χ0) is 23.3. The Morgan fingerprint density at radius 2 is 1.94 bits per heavy atom. The van der Waals surface area contributed by atoms with Crippen molar-refractivity contribution in [2.45, 2.75) is 11.4 Å². The number of aromatic amines is 1. The van der Waals surface area contributed by atoms with E-state index in [2.05, 4.69) is 26.7 Å². The first-order valence-electron chi connectivity index (χ1n) is 10.8. The van der Waals surface area contributed by atoms with Gasteiger partial charge in [0.25, 0.3) is 5.91 Å². The lowest BCUT2D eigenvalue weighted by Crippen LogP contribution is -2.26. The van der Waals surface area contributed by atoms with Crippen LogP contribution in [0.15, 0.2) is 72.0 Å². The Hall–Kier alpha value is -3.98. The summed E-state index contributed by atoms with van der Waals surface area (Å²) in [4.78, 5) is 32.8. The third kappa shape index (κ3) is 4.84. The maximum Gasteiger partial charge on any atom is 0.254 e. The molecule has 3 N–H and O–H groups in total. The van der Waals surface area contributed by atoms with Crippen LogP contribution >= 0.6 is 11.8 Å². The summed E-state index contributed by atoms with van der Waals surface area (Å²) in [5.41, 5.74) is 3.29. The smallest absolute Gasteiger partial charge is 0.254 e. The number of rotatable bonds is 8. The number of ether oxygens (including phenoxy) is 2. The van der Waals surface area contributed by atoms with E-state index in [1.807, 2.05) is 24.4 Å². The second-order valence-electron chi connectivity index (χ2n) is 7.63. The van der Waals surface area contributed by atoms with Crippen LogP contribution in [0.4, 0.5) is 5.69 Å². The SMILES string of the molecule is O=C(CSc1ncccc1C(=O)NCCc1c[nH]c2ccccc12)Nc1ccc2c(c1)OCO2. The van der Waals surface area contributed by atoms with Gasteiger partial charge in [0, 0.05) is 41.6 Å². The first-order chi connectivity index (χ1) is 16.7. The maximum atomic E-state index is 12.8. The first-order valence-corrected chi connectivity index (χ1v) is 11.8. The normalized spacial score (nSPS) is 12.0. The van der Waals surface area contributed by atoms with Crippen LogP contribution in [0.3, 0.4) is 0 Å². The molecule has 0 radical (unpaired) electrons. The zero-order valence-corrected chi connectivity index (χ0v) is 19.0. The van der Waals surface area contributed by atoms with Gasteiger partial charge in [0.2, 0.25) is 12.7 Å². The summed E-state index contributed by atoms with van der Waals surface area (Å²) in [6.45, 7) is 0.666. The van der Waals surface area contributed by atoms with Gasteiger partial charge in [-0.2, -0.15) is 0 Å². The Morgan fingerprint density at radius 3 is 2.88 bits per heavy atom. The third-order valence-corrected chi connectivity index (χ3v) is 6.37. The Morgan fingerprint density at radius 1 is 1.06 bits per heavy atom. The number of fused-ring (bicyclic) bond motifs is 2. The number of hydrogen-bond acceptors (Lipinski definition) is 6. The number of hydrogen-bond donors (Lipinski definition) is 3. The highest BCUT2D eigenvalue weighted by Crippen LogP contribution is 2.34. The van der Waals surface area contributed by atoms with Crippen LogP contribution in [0.25, 0.3) is 10.9 Å². The largest absolute Gasteiger partial charge is 0.454 e. The minimum Gasteiger partial charge on any atom is -0.454 e. The summed E-state index contributed by atoms with van der Waals surface area (Å²) in [5.74, 6) is 0.941. The van der Waals surface area contributed by atoms with Crippen molar-refractivity contribution in [3.05, 3.63) is 78.1 Å². The molecule has 4 aromatic rings. The lowest BCUT2D eigenvalue weighted by molar-refractivity contribution is -0.113. The summed E-state index contributed by atoms with van der Waals surface area (Å²) in [6.07, 6.45) is 4.29. The molecule has 1 aliphatic heterocycles. The number of H-pyrrole nitrogens is 1. The van der Waals surface area contributed by atoms with Crippen LogP contribution in [0, 0.1) is 0 Å². The minimum absolute atomic E-state index is 0.112. The van der Waals surface area contributed by atoms with Gasteiger partial charge < -0.3 is 25.1 Å². The van der Waals surface area contributed by atoms with Gasteiger partial charge in [0.05, 0.1) is 11.3 Å². The molecule has 0 aliphatic carbocycles. The first kappa shape index (κ1) is 21.8. The number of nitrogens with zero attached hydrogens (tertiary/aromatic N) is 1. The standard InChI is InChI=1S/C25H22N4O4S/c30-23(29-17-7-8-21-22(12-17)33-15-32-21)14-34-25-19(5-3-10-27-25)24(31)26-11-9-16-13-28-20-6-2-1-4-18(16)20/h1-8,10,12-13,28H,9,11,14-15H2,(H,26,31)(H,29,30). The van der Waals surface area contributed by atoms with Gasteiger partial charge in [-0.3, -0.25) is 9.59 Å². The second kappa shape index (κ2) is 9.88. The Kier molecular flexibility index (Phi) is 6.35. The molecule has 3 heterocycles. The predicted octanol–water partition coefficient (Wildman–Crippen LogP) is 3.99. The molecule has 9 heteroatoms. The van der Waals surface area contributed by atoms with Crippen molar-refractivity contribution >= 4 is 40.2 Å². The van der Waals surface area contributed by atoms with Crippen molar-refractivity contribution in [2.24, 2.45) is 0 Å². The number of benzene rings is 2. The average Bonchev–Trinajstić information content (AvgIpc) is 3.50. The molecular weight excluding hydrogens is 452 g/mol. The van der Waals surface area contributed by atoms with E-state index in [0.29, 0.717) is 40.7 Å².